The zero-order valence-corrected chi connectivity index (χ0v) is 13.7. The first kappa shape index (κ1) is 15.9. The first-order valence-corrected chi connectivity index (χ1v) is 9.14. The quantitative estimate of drug-likeness (QED) is 0.785. The Balaban J connectivity index is 1.76. The van der Waals surface area contributed by atoms with Crippen LogP contribution in [0.3, 0.4) is 0 Å². The average Bonchev–Trinajstić information content (AvgIpc) is 2.46. The highest BCUT2D eigenvalue weighted by Gasteiger charge is 2.15. The molecule has 112 valence electrons. The minimum Gasteiger partial charge on any atom is -0.314 e. The van der Waals surface area contributed by atoms with Crippen LogP contribution >= 0.6 is 15.9 Å². The van der Waals surface area contributed by atoms with Gasteiger partial charge in [0.15, 0.2) is 0 Å². The van der Waals surface area contributed by atoms with Crippen LogP contribution in [0, 0.1) is 0 Å². The lowest BCUT2D eigenvalue weighted by atomic mass is 10.2. The minimum absolute atomic E-state index is 0.156. The van der Waals surface area contributed by atoms with Gasteiger partial charge in [0.05, 0.1) is 5.75 Å². The molecule has 5 nitrogen and oxygen atoms in total. The maximum absolute atomic E-state index is 12.0. The number of sulfonamides is 1. The van der Waals surface area contributed by atoms with Crippen LogP contribution in [0.15, 0.2) is 28.7 Å². The third kappa shape index (κ3) is 5.49. The van der Waals surface area contributed by atoms with Crippen LogP contribution in [-0.4, -0.2) is 51.8 Å². The number of hydrogen-bond acceptors (Lipinski definition) is 4. The predicted octanol–water partition coefficient (Wildman–Crippen LogP) is 0.774. The molecule has 0 radical (unpaired) electrons. The normalized spacial score (nSPS) is 17.2. The highest BCUT2D eigenvalue weighted by atomic mass is 79.9. The molecule has 1 heterocycles. The molecule has 7 heteroatoms. The van der Waals surface area contributed by atoms with Crippen molar-refractivity contribution in [2.45, 2.75) is 6.54 Å². The SMILES string of the molecule is O=S(=O)(CCN1CCNCC1)NCc1ccc(Br)cc1. The van der Waals surface area contributed by atoms with E-state index in [1.807, 2.05) is 24.3 Å². The van der Waals surface area contributed by atoms with Gasteiger partial charge in [0.25, 0.3) is 0 Å². The summed E-state index contributed by atoms with van der Waals surface area (Å²) in [4.78, 5) is 2.18. The fourth-order valence-electron chi connectivity index (χ4n) is 2.05. The number of nitrogens with one attached hydrogen (secondary N) is 2. The second-order valence-corrected chi connectivity index (χ2v) is 7.70. The van der Waals surface area contributed by atoms with Gasteiger partial charge in [-0.2, -0.15) is 0 Å². The number of hydrogen-bond donors (Lipinski definition) is 2. The molecule has 0 spiro atoms. The molecule has 2 N–H and O–H groups in total. The van der Waals surface area contributed by atoms with Gasteiger partial charge in [-0.25, -0.2) is 13.1 Å². The smallest absolute Gasteiger partial charge is 0.213 e. The maximum Gasteiger partial charge on any atom is 0.213 e. The Kier molecular flexibility index (Phi) is 5.98. The fraction of sp³-hybridized carbons (Fsp3) is 0.538. The zero-order valence-electron chi connectivity index (χ0n) is 11.3. The predicted molar refractivity (Wildman–Crippen MR) is 84.1 cm³/mol. The van der Waals surface area contributed by atoms with Gasteiger partial charge < -0.3 is 5.32 Å². The first-order valence-electron chi connectivity index (χ1n) is 6.70. The van der Waals surface area contributed by atoms with Crippen LogP contribution in [0.25, 0.3) is 0 Å². The van der Waals surface area contributed by atoms with E-state index < -0.39 is 10.0 Å². The topological polar surface area (TPSA) is 61.4 Å². The molecule has 1 aliphatic heterocycles. The van der Waals surface area contributed by atoms with Crippen LogP contribution in [0.2, 0.25) is 0 Å². The van der Waals surface area contributed by atoms with Gasteiger partial charge in [-0.05, 0) is 17.7 Å². The lowest BCUT2D eigenvalue weighted by Gasteiger charge is -2.26. The Hall–Kier alpha value is -0.470. The number of rotatable bonds is 6. The van der Waals surface area contributed by atoms with E-state index in [1.165, 1.54) is 0 Å². The molecule has 2 rings (SSSR count). The van der Waals surface area contributed by atoms with Gasteiger partial charge in [-0.3, -0.25) is 4.90 Å². The van der Waals surface area contributed by atoms with E-state index in [2.05, 4.69) is 30.9 Å². The number of nitrogens with zero attached hydrogens (tertiary/aromatic N) is 1. The molecule has 1 fully saturated rings. The third-order valence-corrected chi connectivity index (χ3v) is 5.13. The second-order valence-electron chi connectivity index (χ2n) is 4.86. The van der Waals surface area contributed by atoms with Crippen LogP contribution in [-0.2, 0) is 16.6 Å². The summed E-state index contributed by atoms with van der Waals surface area (Å²) < 4.78 is 27.5. The molecule has 1 aliphatic rings. The van der Waals surface area contributed by atoms with Gasteiger partial charge in [-0.1, -0.05) is 28.1 Å². The molecular formula is C13H20BrN3O2S. The Bertz CT molecular complexity index is 513. The lowest BCUT2D eigenvalue weighted by molar-refractivity contribution is 0.253. The number of benzene rings is 1. The van der Waals surface area contributed by atoms with Crippen LogP contribution in [0.4, 0.5) is 0 Å². The van der Waals surface area contributed by atoms with E-state index in [1.54, 1.807) is 0 Å². The summed E-state index contributed by atoms with van der Waals surface area (Å²) in [6, 6.07) is 7.63. The van der Waals surface area contributed by atoms with Crippen LogP contribution in [0.5, 0.6) is 0 Å². The van der Waals surface area contributed by atoms with Gasteiger partial charge in [-0.15, -0.1) is 0 Å². The van der Waals surface area contributed by atoms with E-state index >= 15 is 0 Å². The summed E-state index contributed by atoms with van der Waals surface area (Å²) in [5.41, 5.74) is 0.957. The lowest BCUT2D eigenvalue weighted by Crippen LogP contribution is -2.45. The van der Waals surface area contributed by atoms with Crippen molar-refractivity contribution in [3.8, 4) is 0 Å². The highest BCUT2D eigenvalue weighted by Crippen LogP contribution is 2.10. The van der Waals surface area contributed by atoms with Gasteiger partial charge in [0, 0.05) is 43.7 Å². The molecule has 0 aromatic heterocycles. The summed E-state index contributed by atoms with van der Waals surface area (Å²) in [5.74, 6) is 0.156. The minimum atomic E-state index is -3.21. The molecule has 1 aromatic rings. The molecular weight excluding hydrogens is 342 g/mol. The first-order chi connectivity index (χ1) is 9.55. The standard InChI is InChI=1S/C13H20BrN3O2S/c14-13-3-1-12(2-4-13)11-16-20(18,19)10-9-17-7-5-15-6-8-17/h1-4,15-16H,5-11H2. The second kappa shape index (κ2) is 7.51. The fourth-order valence-corrected chi connectivity index (χ4v) is 3.35. The van der Waals surface area contributed by atoms with E-state index in [9.17, 15) is 8.42 Å². The van der Waals surface area contributed by atoms with E-state index in [0.717, 1.165) is 36.2 Å². The van der Waals surface area contributed by atoms with Crippen LogP contribution < -0.4 is 10.0 Å². The summed E-state index contributed by atoms with van der Waals surface area (Å²) in [6.45, 7) is 4.65. The van der Waals surface area contributed by atoms with Gasteiger partial charge in [0.1, 0.15) is 0 Å². The Labute approximate surface area is 128 Å². The monoisotopic (exact) mass is 361 g/mol. The van der Waals surface area contributed by atoms with E-state index in [0.29, 0.717) is 13.1 Å². The molecule has 0 aliphatic carbocycles. The summed E-state index contributed by atoms with van der Waals surface area (Å²) in [7, 11) is -3.21. The molecule has 20 heavy (non-hydrogen) atoms. The molecule has 0 amide bonds. The van der Waals surface area contributed by atoms with E-state index in [4.69, 9.17) is 0 Å². The molecule has 1 aromatic carbocycles. The van der Waals surface area contributed by atoms with Crippen molar-refractivity contribution in [1.82, 2.24) is 14.9 Å². The number of piperazine rings is 1. The summed E-state index contributed by atoms with van der Waals surface area (Å²) >= 11 is 3.36. The van der Waals surface area contributed by atoms with Crippen molar-refractivity contribution < 1.29 is 8.42 Å². The molecule has 1 saturated heterocycles. The molecule has 0 saturated carbocycles. The molecule has 0 bridgehead atoms. The van der Waals surface area contributed by atoms with Crippen molar-refractivity contribution in [2.24, 2.45) is 0 Å². The summed E-state index contributed by atoms with van der Waals surface area (Å²) in [6.07, 6.45) is 0. The van der Waals surface area contributed by atoms with Crippen molar-refractivity contribution >= 4 is 26.0 Å². The third-order valence-electron chi connectivity index (χ3n) is 3.30. The zero-order chi connectivity index (χ0) is 14.4. The van der Waals surface area contributed by atoms with Crippen molar-refractivity contribution in [3.63, 3.8) is 0 Å². The maximum atomic E-state index is 12.0. The van der Waals surface area contributed by atoms with Gasteiger partial charge >= 0.3 is 0 Å². The van der Waals surface area contributed by atoms with E-state index in [-0.39, 0.29) is 5.75 Å². The van der Waals surface area contributed by atoms with Crippen LogP contribution in [0.1, 0.15) is 5.56 Å². The Morgan fingerprint density at radius 2 is 1.85 bits per heavy atom. The summed E-state index contributed by atoms with van der Waals surface area (Å²) in [5, 5.41) is 3.25. The highest BCUT2D eigenvalue weighted by molar-refractivity contribution is 9.10. The molecule has 0 unspecified atom stereocenters. The van der Waals surface area contributed by atoms with Crippen molar-refractivity contribution in [1.29, 1.82) is 0 Å². The number of halogens is 1. The largest absolute Gasteiger partial charge is 0.314 e. The Morgan fingerprint density at radius 3 is 2.50 bits per heavy atom. The van der Waals surface area contributed by atoms with Gasteiger partial charge in [0.2, 0.25) is 10.0 Å². The van der Waals surface area contributed by atoms with Crippen molar-refractivity contribution in [3.05, 3.63) is 34.3 Å². The molecule has 0 atom stereocenters. The Morgan fingerprint density at radius 1 is 1.20 bits per heavy atom. The average molecular weight is 362 g/mol. The van der Waals surface area contributed by atoms with Crippen molar-refractivity contribution in [2.75, 3.05) is 38.5 Å².